The lowest BCUT2D eigenvalue weighted by Gasteiger charge is -2.15. The van der Waals surface area contributed by atoms with Crippen molar-refractivity contribution in [3.63, 3.8) is 0 Å². The highest BCUT2D eigenvalue weighted by Gasteiger charge is 2.07. The smallest absolute Gasteiger partial charge is 0.123 e. The molecule has 2 aromatic rings. The summed E-state index contributed by atoms with van der Waals surface area (Å²) in [7, 11) is 1.60. The maximum Gasteiger partial charge on any atom is 0.123 e. The minimum Gasteiger partial charge on any atom is -0.497 e. The molecule has 1 unspecified atom stereocenters. The van der Waals surface area contributed by atoms with Gasteiger partial charge in [-0.25, -0.2) is 0 Å². The molecule has 0 aliphatic rings. The third kappa shape index (κ3) is 4.85. The highest BCUT2D eigenvalue weighted by molar-refractivity contribution is 6.33. The van der Waals surface area contributed by atoms with Gasteiger partial charge in [0.25, 0.3) is 0 Å². The molecule has 0 fully saturated rings. The van der Waals surface area contributed by atoms with Crippen molar-refractivity contribution in [2.45, 2.75) is 6.10 Å². The largest absolute Gasteiger partial charge is 0.497 e. The molecule has 0 bridgehead atoms. The van der Waals surface area contributed by atoms with Crippen molar-refractivity contribution in [1.82, 2.24) is 0 Å². The van der Waals surface area contributed by atoms with E-state index in [2.05, 4.69) is 5.32 Å². The minimum absolute atomic E-state index is 0.185. The van der Waals surface area contributed by atoms with E-state index in [1.807, 2.05) is 36.4 Å². The monoisotopic (exact) mass is 307 g/mol. The quantitative estimate of drug-likeness (QED) is 0.825. The summed E-state index contributed by atoms with van der Waals surface area (Å²) in [6, 6.07) is 14.7. The molecule has 0 aliphatic heterocycles. The van der Waals surface area contributed by atoms with Crippen LogP contribution in [-0.4, -0.2) is 31.5 Å². The van der Waals surface area contributed by atoms with Crippen LogP contribution in [-0.2, 0) is 0 Å². The third-order valence-electron chi connectivity index (χ3n) is 2.89. The fourth-order valence-electron chi connectivity index (χ4n) is 1.77. The second-order valence-corrected chi connectivity index (χ2v) is 4.91. The van der Waals surface area contributed by atoms with Gasteiger partial charge in [0.15, 0.2) is 0 Å². The van der Waals surface area contributed by atoms with E-state index in [-0.39, 0.29) is 6.61 Å². The fourth-order valence-corrected chi connectivity index (χ4v) is 1.98. The Morgan fingerprint density at radius 1 is 1.14 bits per heavy atom. The fraction of sp³-hybridized carbons (Fsp3) is 0.250. The Bertz CT molecular complexity index is 577. The van der Waals surface area contributed by atoms with Crippen LogP contribution in [0.1, 0.15) is 0 Å². The van der Waals surface area contributed by atoms with Gasteiger partial charge in [-0.15, -0.1) is 0 Å². The normalized spacial score (nSPS) is 11.8. The SMILES string of the molecule is COc1cccc(OCC(O)CNc2ccccc2Cl)c1. The highest BCUT2D eigenvalue weighted by Crippen LogP contribution is 2.21. The van der Waals surface area contributed by atoms with Gasteiger partial charge in [-0.3, -0.25) is 0 Å². The predicted molar refractivity (Wildman–Crippen MR) is 84.4 cm³/mol. The summed E-state index contributed by atoms with van der Waals surface area (Å²) in [6.45, 7) is 0.540. The van der Waals surface area contributed by atoms with Gasteiger partial charge < -0.3 is 19.9 Å². The average Bonchev–Trinajstić information content (AvgIpc) is 2.52. The molecule has 0 saturated carbocycles. The molecule has 4 nitrogen and oxygen atoms in total. The summed E-state index contributed by atoms with van der Waals surface area (Å²) in [6.07, 6.45) is -0.646. The molecule has 0 heterocycles. The van der Waals surface area contributed by atoms with Gasteiger partial charge in [0.2, 0.25) is 0 Å². The number of ether oxygens (including phenoxy) is 2. The molecule has 5 heteroatoms. The van der Waals surface area contributed by atoms with Gasteiger partial charge in [0, 0.05) is 12.6 Å². The third-order valence-corrected chi connectivity index (χ3v) is 3.22. The number of hydrogen-bond donors (Lipinski definition) is 2. The van der Waals surface area contributed by atoms with Crippen molar-refractivity contribution in [1.29, 1.82) is 0 Å². The molecular formula is C16H18ClNO3. The Hall–Kier alpha value is -1.91. The second-order valence-electron chi connectivity index (χ2n) is 4.50. The number of halogens is 1. The number of para-hydroxylation sites is 1. The summed E-state index contributed by atoms with van der Waals surface area (Å²) in [4.78, 5) is 0. The first-order valence-corrected chi connectivity index (χ1v) is 7.00. The molecule has 0 amide bonds. The van der Waals surface area contributed by atoms with Crippen molar-refractivity contribution in [2.24, 2.45) is 0 Å². The first-order valence-electron chi connectivity index (χ1n) is 6.62. The van der Waals surface area contributed by atoms with Gasteiger partial charge >= 0.3 is 0 Å². The molecular weight excluding hydrogens is 290 g/mol. The first kappa shape index (κ1) is 15.5. The van der Waals surface area contributed by atoms with E-state index >= 15 is 0 Å². The van der Waals surface area contributed by atoms with Crippen LogP contribution in [0, 0.1) is 0 Å². The Balaban J connectivity index is 1.79. The van der Waals surface area contributed by atoms with Gasteiger partial charge in [-0.05, 0) is 24.3 Å². The summed E-state index contributed by atoms with van der Waals surface area (Å²) in [5.74, 6) is 1.38. The van der Waals surface area contributed by atoms with Crippen LogP contribution < -0.4 is 14.8 Å². The van der Waals surface area contributed by atoms with Crippen LogP contribution in [0.3, 0.4) is 0 Å². The maximum absolute atomic E-state index is 9.93. The first-order chi connectivity index (χ1) is 10.2. The van der Waals surface area contributed by atoms with E-state index in [1.54, 1.807) is 19.2 Å². The van der Waals surface area contributed by atoms with Crippen LogP contribution in [0.25, 0.3) is 0 Å². The van der Waals surface area contributed by atoms with E-state index in [1.165, 1.54) is 0 Å². The molecule has 112 valence electrons. The van der Waals surface area contributed by atoms with Crippen LogP contribution in [0.4, 0.5) is 5.69 Å². The van der Waals surface area contributed by atoms with Gasteiger partial charge in [-0.1, -0.05) is 29.8 Å². The number of methoxy groups -OCH3 is 1. The van der Waals surface area contributed by atoms with E-state index in [4.69, 9.17) is 21.1 Å². The number of aliphatic hydroxyl groups is 1. The van der Waals surface area contributed by atoms with Crippen LogP contribution in [0.5, 0.6) is 11.5 Å². The second kappa shape index (κ2) is 7.76. The average molecular weight is 308 g/mol. The van der Waals surface area contributed by atoms with Gasteiger partial charge in [-0.2, -0.15) is 0 Å². The number of rotatable bonds is 7. The van der Waals surface area contributed by atoms with E-state index in [9.17, 15) is 5.11 Å². The Labute approximate surface area is 129 Å². The zero-order chi connectivity index (χ0) is 15.1. The molecule has 0 saturated heterocycles. The summed E-state index contributed by atoms with van der Waals surface area (Å²) < 4.78 is 10.6. The van der Waals surface area contributed by atoms with Crippen molar-refractivity contribution in [2.75, 3.05) is 25.6 Å². The molecule has 1 atom stereocenters. The minimum atomic E-state index is -0.646. The predicted octanol–water partition coefficient (Wildman–Crippen LogP) is 3.20. The molecule has 2 N–H and O–H groups in total. The number of benzene rings is 2. The lowest BCUT2D eigenvalue weighted by molar-refractivity contribution is 0.117. The van der Waals surface area contributed by atoms with Gasteiger partial charge in [0.1, 0.15) is 24.2 Å². The van der Waals surface area contributed by atoms with E-state index < -0.39 is 6.10 Å². The van der Waals surface area contributed by atoms with E-state index in [0.29, 0.717) is 17.3 Å². The lowest BCUT2D eigenvalue weighted by atomic mass is 10.3. The molecule has 21 heavy (non-hydrogen) atoms. The summed E-state index contributed by atoms with van der Waals surface area (Å²) >= 11 is 6.02. The van der Waals surface area contributed by atoms with Crippen LogP contribution in [0.2, 0.25) is 5.02 Å². The summed E-state index contributed by atoms with van der Waals surface area (Å²) in [5, 5.41) is 13.6. The molecule has 2 rings (SSSR count). The van der Waals surface area contributed by atoms with Crippen molar-refractivity contribution < 1.29 is 14.6 Å². The Kier molecular flexibility index (Phi) is 5.72. The molecule has 0 radical (unpaired) electrons. The number of nitrogens with one attached hydrogen (secondary N) is 1. The number of hydrogen-bond acceptors (Lipinski definition) is 4. The zero-order valence-electron chi connectivity index (χ0n) is 11.8. The van der Waals surface area contributed by atoms with Crippen molar-refractivity contribution in [3.05, 3.63) is 53.6 Å². The molecule has 2 aromatic carbocycles. The topological polar surface area (TPSA) is 50.7 Å². The molecule has 0 aliphatic carbocycles. The number of aliphatic hydroxyl groups excluding tert-OH is 1. The molecule has 0 spiro atoms. The standard InChI is InChI=1S/C16H18ClNO3/c1-20-13-5-4-6-14(9-13)21-11-12(19)10-18-16-8-3-2-7-15(16)17/h2-9,12,18-19H,10-11H2,1H3. The Morgan fingerprint density at radius 2 is 1.90 bits per heavy atom. The van der Waals surface area contributed by atoms with Crippen molar-refractivity contribution >= 4 is 17.3 Å². The zero-order valence-corrected chi connectivity index (χ0v) is 12.5. The summed E-state index contributed by atoms with van der Waals surface area (Å²) in [5.41, 5.74) is 0.791. The highest BCUT2D eigenvalue weighted by atomic mass is 35.5. The van der Waals surface area contributed by atoms with Gasteiger partial charge in [0.05, 0.1) is 17.8 Å². The van der Waals surface area contributed by atoms with E-state index in [0.717, 1.165) is 11.4 Å². The Morgan fingerprint density at radius 3 is 2.67 bits per heavy atom. The maximum atomic E-state index is 9.93. The lowest BCUT2D eigenvalue weighted by Crippen LogP contribution is -2.26. The van der Waals surface area contributed by atoms with Crippen molar-refractivity contribution in [3.8, 4) is 11.5 Å². The number of anilines is 1. The molecule has 0 aromatic heterocycles. The van der Waals surface area contributed by atoms with Crippen LogP contribution in [0.15, 0.2) is 48.5 Å². The van der Waals surface area contributed by atoms with Crippen LogP contribution >= 0.6 is 11.6 Å².